The molecule has 0 aliphatic heterocycles. The lowest BCUT2D eigenvalue weighted by Gasteiger charge is -2.08. The van der Waals surface area contributed by atoms with E-state index in [-0.39, 0.29) is 5.56 Å². The maximum absolute atomic E-state index is 12.4. The van der Waals surface area contributed by atoms with Crippen molar-refractivity contribution >= 4 is 5.78 Å². The minimum absolute atomic E-state index is 0.0953. The molecule has 5 heteroatoms. The maximum Gasteiger partial charge on any atom is 0.201 e. The Morgan fingerprint density at radius 3 is 2.00 bits per heavy atom. The van der Waals surface area contributed by atoms with E-state index >= 15 is 0 Å². The molecule has 3 rings (SSSR count). The van der Waals surface area contributed by atoms with E-state index in [1.807, 2.05) is 30.3 Å². The summed E-state index contributed by atoms with van der Waals surface area (Å²) in [5.41, 5.74) is 0.220. The lowest BCUT2D eigenvalue weighted by Crippen LogP contribution is -2.01. The lowest BCUT2D eigenvalue weighted by atomic mass is 10.0. The predicted octanol–water partition coefficient (Wildman–Crippen LogP) is 3.83. The van der Waals surface area contributed by atoms with Crippen LogP contribution in [0.2, 0.25) is 0 Å². The van der Waals surface area contributed by atoms with Gasteiger partial charge >= 0.3 is 0 Å². The first-order valence-electron chi connectivity index (χ1n) is 7.18. The van der Waals surface area contributed by atoms with Gasteiger partial charge in [-0.3, -0.25) is 4.79 Å². The number of carbonyl (C=O) groups excluding carboxylic acids is 1. The predicted molar refractivity (Wildman–Crippen MR) is 87.8 cm³/mol. The molecule has 0 aromatic heterocycles. The third kappa shape index (κ3) is 3.01. The second kappa shape index (κ2) is 6.34. The summed E-state index contributed by atoms with van der Waals surface area (Å²) in [6.45, 7) is 0. The molecule has 0 radical (unpaired) electrons. The molecule has 3 aromatic carbocycles. The molecule has 0 bridgehead atoms. The molecule has 0 aliphatic rings. The van der Waals surface area contributed by atoms with Crippen molar-refractivity contribution in [1.29, 1.82) is 0 Å². The third-order valence-corrected chi connectivity index (χ3v) is 3.47. The summed E-state index contributed by atoms with van der Waals surface area (Å²) in [5, 5.41) is 28.6. The molecule has 5 nitrogen and oxygen atoms in total. The number of phenolic OH excluding ortho intramolecular Hbond substituents is 3. The Hall–Kier alpha value is -3.47. The first kappa shape index (κ1) is 15.4. The summed E-state index contributed by atoms with van der Waals surface area (Å²) in [4.78, 5) is 12.4. The van der Waals surface area contributed by atoms with Crippen molar-refractivity contribution in [3.63, 3.8) is 0 Å². The number of benzene rings is 3. The van der Waals surface area contributed by atoms with Crippen molar-refractivity contribution in [2.75, 3.05) is 0 Å². The Labute approximate surface area is 138 Å². The number of phenols is 3. The van der Waals surface area contributed by atoms with E-state index in [2.05, 4.69) is 0 Å². The quantitative estimate of drug-likeness (QED) is 0.502. The van der Waals surface area contributed by atoms with Crippen LogP contribution in [0.3, 0.4) is 0 Å². The van der Waals surface area contributed by atoms with Crippen molar-refractivity contribution in [3.05, 3.63) is 77.9 Å². The Bertz CT molecular complexity index is 870. The summed E-state index contributed by atoms with van der Waals surface area (Å²) in [7, 11) is 0. The van der Waals surface area contributed by atoms with Crippen molar-refractivity contribution in [2.45, 2.75) is 0 Å². The topological polar surface area (TPSA) is 87.0 Å². The first-order chi connectivity index (χ1) is 11.6. The molecule has 0 saturated heterocycles. The van der Waals surface area contributed by atoms with Gasteiger partial charge in [-0.2, -0.15) is 0 Å². The van der Waals surface area contributed by atoms with E-state index in [1.165, 1.54) is 6.07 Å². The van der Waals surface area contributed by atoms with E-state index in [0.29, 0.717) is 17.1 Å². The molecule has 120 valence electrons. The number of hydrogen-bond acceptors (Lipinski definition) is 5. The molecule has 0 amide bonds. The molecule has 24 heavy (non-hydrogen) atoms. The smallest absolute Gasteiger partial charge is 0.201 e. The summed E-state index contributed by atoms with van der Waals surface area (Å²) in [6, 6.07) is 18.0. The SMILES string of the molecule is O=C(c1ccc(Oc2ccccc2)cc1)c1ccc(O)c(O)c1O. The number of aromatic hydroxyl groups is 3. The second-order valence-corrected chi connectivity index (χ2v) is 5.10. The number of ketones is 1. The molecule has 0 unspecified atom stereocenters. The molecular formula is C19H14O5. The van der Waals surface area contributed by atoms with Gasteiger partial charge in [-0.15, -0.1) is 0 Å². The van der Waals surface area contributed by atoms with Gasteiger partial charge in [-0.1, -0.05) is 18.2 Å². The van der Waals surface area contributed by atoms with Gasteiger partial charge in [0.15, 0.2) is 17.3 Å². The van der Waals surface area contributed by atoms with Crippen LogP contribution in [0.1, 0.15) is 15.9 Å². The van der Waals surface area contributed by atoms with Gasteiger partial charge in [0, 0.05) is 5.56 Å². The first-order valence-corrected chi connectivity index (χ1v) is 7.18. The van der Waals surface area contributed by atoms with Gasteiger partial charge in [0.1, 0.15) is 11.5 Å². The number of ether oxygens (including phenoxy) is 1. The zero-order valence-corrected chi connectivity index (χ0v) is 12.5. The maximum atomic E-state index is 12.4. The molecule has 3 N–H and O–H groups in total. The highest BCUT2D eigenvalue weighted by Gasteiger charge is 2.18. The molecule has 0 spiro atoms. The van der Waals surface area contributed by atoms with Crippen LogP contribution >= 0.6 is 0 Å². The fourth-order valence-corrected chi connectivity index (χ4v) is 2.21. The molecule has 3 aromatic rings. The van der Waals surface area contributed by atoms with Gasteiger partial charge in [0.05, 0.1) is 5.56 Å². The van der Waals surface area contributed by atoms with Crippen LogP contribution in [0.4, 0.5) is 0 Å². The van der Waals surface area contributed by atoms with Gasteiger partial charge < -0.3 is 20.1 Å². The van der Waals surface area contributed by atoms with Crippen molar-refractivity contribution < 1.29 is 24.9 Å². The standard InChI is InChI=1S/C19H14O5/c20-16-11-10-15(18(22)19(16)23)17(21)12-6-8-14(9-7-12)24-13-4-2-1-3-5-13/h1-11,20,22-23H. The number of carbonyl (C=O) groups is 1. The van der Waals surface area contributed by atoms with E-state index in [1.54, 1.807) is 24.3 Å². The van der Waals surface area contributed by atoms with Crippen LogP contribution in [0, 0.1) is 0 Å². The van der Waals surface area contributed by atoms with Crippen LogP contribution < -0.4 is 4.74 Å². The lowest BCUT2D eigenvalue weighted by molar-refractivity contribution is 0.103. The number of rotatable bonds is 4. The Balaban J connectivity index is 1.83. The summed E-state index contributed by atoms with van der Waals surface area (Å²) < 4.78 is 5.64. The highest BCUT2D eigenvalue weighted by molar-refractivity contribution is 6.11. The Morgan fingerprint density at radius 2 is 1.33 bits per heavy atom. The molecule has 0 atom stereocenters. The average Bonchev–Trinajstić information content (AvgIpc) is 2.61. The molecule has 0 heterocycles. The van der Waals surface area contributed by atoms with Crippen LogP contribution in [0.15, 0.2) is 66.7 Å². The fraction of sp³-hybridized carbons (Fsp3) is 0. The average molecular weight is 322 g/mol. The largest absolute Gasteiger partial charge is 0.504 e. The zero-order chi connectivity index (χ0) is 17.1. The molecule has 0 fully saturated rings. The second-order valence-electron chi connectivity index (χ2n) is 5.10. The van der Waals surface area contributed by atoms with E-state index in [0.717, 1.165) is 6.07 Å². The van der Waals surface area contributed by atoms with E-state index in [9.17, 15) is 20.1 Å². The molecule has 0 saturated carbocycles. The van der Waals surface area contributed by atoms with Gasteiger partial charge in [-0.25, -0.2) is 0 Å². The third-order valence-electron chi connectivity index (χ3n) is 3.47. The van der Waals surface area contributed by atoms with Gasteiger partial charge in [0.25, 0.3) is 0 Å². The van der Waals surface area contributed by atoms with Crippen molar-refractivity contribution in [1.82, 2.24) is 0 Å². The summed E-state index contributed by atoms with van der Waals surface area (Å²) >= 11 is 0. The van der Waals surface area contributed by atoms with Gasteiger partial charge in [-0.05, 0) is 48.5 Å². The van der Waals surface area contributed by atoms with Crippen LogP contribution in [-0.4, -0.2) is 21.1 Å². The monoisotopic (exact) mass is 322 g/mol. The zero-order valence-electron chi connectivity index (χ0n) is 12.5. The van der Waals surface area contributed by atoms with Crippen molar-refractivity contribution in [2.24, 2.45) is 0 Å². The van der Waals surface area contributed by atoms with Gasteiger partial charge in [0.2, 0.25) is 5.75 Å². The normalized spacial score (nSPS) is 10.3. The molecule has 0 aliphatic carbocycles. The Morgan fingerprint density at radius 1 is 0.708 bits per heavy atom. The minimum atomic E-state index is -0.718. The molecular weight excluding hydrogens is 308 g/mol. The van der Waals surface area contributed by atoms with E-state index < -0.39 is 23.0 Å². The fourth-order valence-electron chi connectivity index (χ4n) is 2.21. The van der Waals surface area contributed by atoms with Crippen LogP contribution in [0.5, 0.6) is 28.7 Å². The summed E-state index contributed by atoms with van der Waals surface area (Å²) in [5.74, 6) is -1.09. The Kier molecular flexibility index (Phi) is 4.07. The van der Waals surface area contributed by atoms with Crippen LogP contribution in [0.25, 0.3) is 0 Å². The van der Waals surface area contributed by atoms with Crippen molar-refractivity contribution in [3.8, 4) is 28.7 Å². The number of hydrogen-bond donors (Lipinski definition) is 3. The number of para-hydroxylation sites is 1. The van der Waals surface area contributed by atoms with E-state index in [4.69, 9.17) is 4.74 Å². The highest BCUT2D eigenvalue weighted by atomic mass is 16.5. The highest BCUT2D eigenvalue weighted by Crippen LogP contribution is 2.38. The van der Waals surface area contributed by atoms with Crippen LogP contribution in [-0.2, 0) is 0 Å². The minimum Gasteiger partial charge on any atom is -0.504 e. The summed E-state index contributed by atoms with van der Waals surface area (Å²) in [6.07, 6.45) is 0.